The van der Waals surface area contributed by atoms with Crippen LogP contribution in [0, 0.1) is 0 Å². The van der Waals surface area contributed by atoms with E-state index in [1.54, 1.807) is 0 Å². The van der Waals surface area contributed by atoms with E-state index in [1.807, 2.05) is 13.0 Å². The summed E-state index contributed by atoms with van der Waals surface area (Å²) in [5.41, 5.74) is 1.69. The van der Waals surface area contributed by atoms with Gasteiger partial charge in [0.25, 0.3) is 0 Å². The number of β-amino-alcohol motifs (C(OH)–C–C–N with tert-alkyl or cyclic N) is 1. The van der Waals surface area contributed by atoms with Gasteiger partial charge in [0.2, 0.25) is 0 Å². The summed E-state index contributed by atoms with van der Waals surface area (Å²) >= 11 is 6.38. The van der Waals surface area contributed by atoms with Crippen molar-refractivity contribution in [2.24, 2.45) is 0 Å². The molecule has 1 aliphatic heterocycles. The maximum absolute atomic E-state index is 10.0. The molecule has 0 amide bonds. The predicted molar refractivity (Wildman–Crippen MR) is 85.5 cm³/mol. The molecule has 0 bridgehead atoms. The number of halogens is 1. The molecule has 4 heteroatoms. The first kappa shape index (κ1) is 15.6. The Labute approximate surface area is 126 Å². The van der Waals surface area contributed by atoms with Crippen molar-refractivity contribution in [3.05, 3.63) is 28.8 Å². The van der Waals surface area contributed by atoms with E-state index in [1.165, 1.54) is 0 Å². The fourth-order valence-corrected chi connectivity index (χ4v) is 2.64. The topological polar surface area (TPSA) is 35.5 Å². The summed E-state index contributed by atoms with van der Waals surface area (Å²) in [6.45, 7) is 10.6. The predicted octanol–water partition coefficient (Wildman–Crippen LogP) is 3.19. The summed E-state index contributed by atoms with van der Waals surface area (Å²) in [5, 5.41) is 14.3. The van der Waals surface area contributed by atoms with Crippen molar-refractivity contribution in [1.29, 1.82) is 0 Å². The molecular weight excluding hydrogens is 272 g/mol. The molecule has 0 aromatic heterocycles. The molecule has 1 aromatic carbocycles. The average molecular weight is 297 g/mol. The van der Waals surface area contributed by atoms with E-state index >= 15 is 0 Å². The number of aliphatic hydroxyl groups is 1. The second-order valence-electron chi connectivity index (χ2n) is 7.05. The van der Waals surface area contributed by atoms with Gasteiger partial charge in [-0.15, -0.1) is 0 Å². The van der Waals surface area contributed by atoms with E-state index < -0.39 is 5.60 Å². The smallest absolute Gasteiger partial charge is 0.0810 e. The molecule has 0 aliphatic carbocycles. The van der Waals surface area contributed by atoms with Gasteiger partial charge in [-0.2, -0.15) is 0 Å². The highest BCUT2D eigenvalue weighted by Crippen LogP contribution is 2.29. The van der Waals surface area contributed by atoms with Crippen LogP contribution in [0.2, 0.25) is 5.02 Å². The van der Waals surface area contributed by atoms with Crippen molar-refractivity contribution in [3.8, 4) is 0 Å². The molecule has 1 saturated heterocycles. The Balaban J connectivity index is 2.06. The molecular formula is C16H25ClN2O. The Hall–Kier alpha value is -0.770. The zero-order valence-electron chi connectivity index (χ0n) is 12.8. The molecule has 0 spiro atoms. The highest BCUT2D eigenvalue weighted by molar-refractivity contribution is 6.31. The van der Waals surface area contributed by atoms with Crippen LogP contribution in [0.5, 0.6) is 0 Å². The molecule has 2 rings (SSSR count). The maximum Gasteiger partial charge on any atom is 0.0810 e. The number of nitrogens with one attached hydrogen (secondary N) is 1. The van der Waals surface area contributed by atoms with E-state index in [4.69, 9.17) is 11.6 Å². The van der Waals surface area contributed by atoms with E-state index in [9.17, 15) is 5.11 Å². The molecule has 0 saturated carbocycles. The van der Waals surface area contributed by atoms with Gasteiger partial charge in [-0.25, -0.2) is 0 Å². The van der Waals surface area contributed by atoms with E-state index in [0.717, 1.165) is 35.8 Å². The monoisotopic (exact) mass is 296 g/mol. The molecule has 1 unspecified atom stereocenters. The van der Waals surface area contributed by atoms with Crippen molar-refractivity contribution in [3.63, 3.8) is 0 Å². The lowest BCUT2D eigenvalue weighted by molar-refractivity contribution is 0.0839. The third-order valence-corrected chi connectivity index (χ3v) is 4.01. The summed E-state index contributed by atoms with van der Waals surface area (Å²) in [6, 6.07) is 6.17. The first-order valence-corrected chi connectivity index (χ1v) is 7.55. The number of rotatable bonds is 3. The minimum Gasteiger partial charge on any atom is -0.388 e. The van der Waals surface area contributed by atoms with Gasteiger partial charge < -0.3 is 15.3 Å². The number of anilines is 1. The maximum atomic E-state index is 10.0. The lowest BCUT2D eigenvalue weighted by Gasteiger charge is -2.23. The lowest BCUT2D eigenvalue weighted by Crippen LogP contribution is -2.35. The van der Waals surface area contributed by atoms with Crippen LogP contribution in [0.1, 0.15) is 39.7 Å². The molecule has 3 nitrogen and oxygen atoms in total. The third-order valence-electron chi connectivity index (χ3n) is 3.66. The number of nitrogens with zero attached hydrogens (tertiary/aromatic N) is 1. The summed E-state index contributed by atoms with van der Waals surface area (Å²) in [7, 11) is 0. The van der Waals surface area contributed by atoms with Crippen LogP contribution >= 0.6 is 11.6 Å². The third kappa shape index (κ3) is 4.11. The quantitative estimate of drug-likeness (QED) is 0.899. The SMILES string of the molecule is CC1(O)CCN(c2ccc(CNC(C)(C)C)c(Cl)c2)C1. The Bertz CT molecular complexity index is 480. The fraction of sp³-hybridized carbons (Fsp3) is 0.625. The van der Waals surface area contributed by atoms with Gasteiger partial charge in [-0.1, -0.05) is 17.7 Å². The second kappa shape index (κ2) is 5.55. The molecule has 0 radical (unpaired) electrons. The average Bonchev–Trinajstić information content (AvgIpc) is 2.67. The normalized spacial score (nSPS) is 23.4. The number of hydrogen-bond donors (Lipinski definition) is 2. The van der Waals surface area contributed by atoms with E-state index in [0.29, 0.717) is 6.54 Å². The Morgan fingerprint density at radius 3 is 2.60 bits per heavy atom. The van der Waals surface area contributed by atoms with Crippen LogP contribution in [0.3, 0.4) is 0 Å². The molecule has 1 aromatic rings. The van der Waals surface area contributed by atoms with Gasteiger partial charge in [-0.05, 0) is 51.8 Å². The van der Waals surface area contributed by atoms with Crippen LogP contribution in [0.15, 0.2) is 18.2 Å². The second-order valence-corrected chi connectivity index (χ2v) is 7.45. The highest BCUT2D eigenvalue weighted by atomic mass is 35.5. The summed E-state index contributed by atoms with van der Waals surface area (Å²) in [4.78, 5) is 2.19. The standard InChI is InChI=1S/C16H25ClN2O/c1-15(2,3)18-10-12-5-6-13(9-14(12)17)19-8-7-16(4,20)11-19/h5-6,9,18,20H,7-8,10-11H2,1-4H3. The fourth-order valence-electron chi connectivity index (χ4n) is 2.40. The minimum atomic E-state index is -0.584. The molecule has 1 aliphatic rings. The first-order chi connectivity index (χ1) is 9.16. The van der Waals surface area contributed by atoms with Crippen molar-refractivity contribution in [2.75, 3.05) is 18.0 Å². The molecule has 2 N–H and O–H groups in total. The number of hydrogen-bond acceptors (Lipinski definition) is 3. The molecule has 1 atom stereocenters. The van der Waals surface area contributed by atoms with Crippen molar-refractivity contribution >= 4 is 17.3 Å². The zero-order chi connectivity index (χ0) is 15.0. The van der Waals surface area contributed by atoms with Gasteiger partial charge in [0, 0.05) is 35.9 Å². The van der Waals surface area contributed by atoms with Gasteiger partial charge in [-0.3, -0.25) is 0 Å². The van der Waals surface area contributed by atoms with Crippen LogP contribution in [0.4, 0.5) is 5.69 Å². The van der Waals surface area contributed by atoms with Crippen LogP contribution in [-0.2, 0) is 6.54 Å². The summed E-state index contributed by atoms with van der Waals surface area (Å²) in [5.74, 6) is 0. The van der Waals surface area contributed by atoms with Gasteiger partial charge >= 0.3 is 0 Å². The lowest BCUT2D eigenvalue weighted by atomic mass is 10.1. The van der Waals surface area contributed by atoms with Crippen LogP contribution in [-0.4, -0.2) is 29.3 Å². The molecule has 1 fully saturated rings. The van der Waals surface area contributed by atoms with Crippen molar-refractivity contribution < 1.29 is 5.11 Å². The Morgan fingerprint density at radius 2 is 2.10 bits per heavy atom. The molecule has 112 valence electrons. The van der Waals surface area contributed by atoms with Crippen LogP contribution < -0.4 is 10.2 Å². The summed E-state index contributed by atoms with van der Waals surface area (Å²) < 4.78 is 0. The van der Waals surface area contributed by atoms with E-state index in [2.05, 4.69) is 43.1 Å². The van der Waals surface area contributed by atoms with Crippen LogP contribution in [0.25, 0.3) is 0 Å². The van der Waals surface area contributed by atoms with Gasteiger partial charge in [0.1, 0.15) is 0 Å². The van der Waals surface area contributed by atoms with Gasteiger partial charge in [0.05, 0.1) is 5.60 Å². The minimum absolute atomic E-state index is 0.0790. The van der Waals surface area contributed by atoms with Crippen molar-refractivity contribution in [2.45, 2.75) is 51.8 Å². The summed E-state index contributed by atoms with van der Waals surface area (Å²) in [6.07, 6.45) is 0.804. The van der Waals surface area contributed by atoms with Crippen molar-refractivity contribution in [1.82, 2.24) is 5.32 Å². The Kier molecular flexibility index (Phi) is 4.33. The molecule has 20 heavy (non-hydrogen) atoms. The van der Waals surface area contributed by atoms with E-state index in [-0.39, 0.29) is 5.54 Å². The first-order valence-electron chi connectivity index (χ1n) is 7.17. The Morgan fingerprint density at radius 1 is 1.40 bits per heavy atom. The largest absolute Gasteiger partial charge is 0.388 e. The zero-order valence-corrected chi connectivity index (χ0v) is 13.6. The highest BCUT2D eigenvalue weighted by Gasteiger charge is 2.31. The number of benzene rings is 1. The molecule has 1 heterocycles. The van der Waals surface area contributed by atoms with Gasteiger partial charge in [0.15, 0.2) is 0 Å².